The number of hydrogen-bond acceptors (Lipinski definition) is 9. The van der Waals surface area contributed by atoms with Gasteiger partial charge in [-0.25, -0.2) is 0 Å². The minimum atomic E-state index is -1.15. The summed E-state index contributed by atoms with van der Waals surface area (Å²) < 4.78 is 5.26. The summed E-state index contributed by atoms with van der Waals surface area (Å²) in [5.41, 5.74) is 2.60. The van der Waals surface area contributed by atoms with Gasteiger partial charge in [0.2, 0.25) is 0 Å². The maximum Gasteiger partial charge on any atom is 0.145 e. The Hall–Kier alpha value is -1.95. The lowest BCUT2D eigenvalue weighted by Crippen LogP contribution is -2.61. The van der Waals surface area contributed by atoms with Crippen LogP contribution >= 0.6 is 0 Å². The molecule has 0 heterocycles. The van der Waals surface area contributed by atoms with Crippen LogP contribution in [0.2, 0.25) is 0 Å². The van der Waals surface area contributed by atoms with E-state index in [0.717, 1.165) is 68.4 Å². The van der Waals surface area contributed by atoms with Gasteiger partial charge in [0.15, 0.2) is 0 Å². The van der Waals surface area contributed by atoms with Crippen LogP contribution in [-0.4, -0.2) is 105 Å². The van der Waals surface area contributed by atoms with E-state index < -0.39 is 17.1 Å². The van der Waals surface area contributed by atoms with Crippen LogP contribution in [0.1, 0.15) is 84.5 Å². The third-order valence-corrected chi connectivity index (χ3v) is 11.0. The smallest absolute Gasteiger partial charge is 0.145 e. The van der Waals surface area contributed by atoms with Crippen LogP contribution in [0.4, 0.5) is 0 Å². The molecule has 0 aromatic heterocycles. The van der Waals surface area contributed by atoms with Crippen LogP contribution in [0.5, 0.6) is 0 Å². The number of methoxy groups -OCH3 is 1. The number of aliphatic hydroxyl groups excluding tert-OH is 3. The average Bonchev–Trinajstić information content (AvgIpc) is 3.43. The fourth-order valence-electron chi connectivity index (χ4n) is 8.18. The number of nitrogens with one attached hydrogen (secondary N) is 3. The first kappa shape index (κ1) is 42.2. The highest BCUT2D eigenvalue weighted by molar-refractivity contribution is 5.74. The predicted molar refractivity (Wildman–Crippen MR) is 196 cm³/mol. The monoisotopic (exact) mass is 674 g/mol. The van der Waals surface area contributed by atoms with E-state index in [1.165, 1.54) is 5.57 Å². The zero-order valence-electron chi connectivity index (χ0n) is 30.5. The van der Waals surface area contributed by atoms with Crippen molar-refractivity contribution in [2.45, 2.75) is 102 Å². The maximum absolute atomic E-state index is 12.3. The second-order valence-electron chi connectivity index (χ2n) is 14.0. The van der Waals surface area contributed by atoms with E-state index >= 15 is 0 Å². The molecule has 48 heavy (non-hydrogen) atoms. The van der Waals surface area contributed by atoms with Crippen molar-refractivity contribution in [2.24, 2.45) is 17.3 Å². The van der Waals surface area contributed by atoms with Crippen molar-refractivity contribution in [1.82, 2.24) is 16.0 Å². The Morgan fingerprint density at radius 1 is 1.15 bits per heavy atom. The predicted octanol–water partition coefficient (Wildman–Crippen LogP) is 4.14. The summed E-state index contributed by atoms with van der Waals surface area (Å²) in [6.45, 7) is 11.1. The number of aldehydes is 1. The maximum atomic E-state index is 12.3. The SMILES string of the molecule is C=C(/C=C/C=C(/CO)[C@@H]1CC[C@]2([C@@H]1O)[C@@H](CCCO)/C(=C(/C)C=O)CC[C@]2(O)CCNC)CC/C=C(\C)CN[C@H](CCNC)CCOC. The quantitative estimate of drug-likeness (QED) is 0.0369. The summed E-state index contributed by atoms with van der Waals surface area (Å²) in [5, 5.41) is 54.8. The summed E-state index contributed by atoms with van der Waals surface area (Å²) in [5.74, 6) is -0.572. The van der Waals surface area contributed by atoms with Crippen molar-refractivity contribution in [1.29, 1.82) is 0 Å². The number of carbonyl (C=O) groups excluding carboxylic acids is 1. The van der Waals surface area contributed by atoms with Gasteiger partial charge in [-0.2, -0.15) is 0 Å². The molecule has 2 saturated carbocycles. The molecule has 0 saturated heterocycles. The number of hydrogen-bond donors (Lipinski definition) is 7. The van der Waals surface area contributed by atoms with E-state index in [9.17, 15) is 25.2 Å². The third-order valence-electron chi connectivity index (χ3n) is 11.0. The van der Waals surface area contributed by atoms with E-state index in [1.807, 2.05) is 39.2 Å². The molecule has 7 N–H and O–H groups in total. The largest absolute Gasteiger partial charge is 0.396 e. The number of allylic oxidation sites excluding steroid dienone is 7. The van der Waals surface area contributed by atoms with Gasteiger partial charge in [-0.05, 0) is 129 Å². The van der Waals surface area contributed by atoms with Crippen molar-refractivity contribution >= 4 is 6.29 Å². The van der Waals surface area contributed by atoms with Crippen molar-refractivity contribution in [2.75, 3.05) is 60.7 Å². The van der Waals surface area contributed by atoms with Crippen LogP contribution in [0, 0.1) is 17.3 Å². The summed E-state index contributed by atoms with van der Waals surface area (Å²) in [4.78, 5) is 11.9. The lowest BCUT2D eigenvalue weighted by molar-refractivity contribution is -0.180. The highest BCUT2D eigenvalue weighted by Gasteiger charge is 2.65. The van der Waals surface area contributed by atoms with E-state index in [1.54, 1.807) is 7.11 Å². The fraction of sp³-hybridized carbons (Fsp3) is 0.718. The molecular weight excluding hydrogens is 606 g/mol. The van der Waals surface area contributed by atoms with Crippen LogP contribution in [0.3, 0.4) is 0 Å². The topological polar surface area (TPSA) is 143 Å². The van der Waals surface area contributed by atoms with E-state index in [4.69, 9.17) is 4.74 Å². The van der Waals surface area contributed by atoms with Gasteiger partial charge in [-0.15, -0.1) is 0 Å². The lowest BCUT2D eigenvalue weighted by atomic mass is 9.51. The van der Waals surface area contributed by atoms with Gasteiger partial charge in [-0.1, -0.05) is 47.6 Å². The standard InChI is InChI=1S/C39H67N3O6/c1-29(10-7-12-30(2)26-42-33(17-22-40-4)18-25-48-6)11-8-13-32(28-45)35-16-20-39(37(35)46)36(14-9-24-43)34(31(3)27-44)15-19-38(39,47)21-23-41-5/h8,11-13,27,33,35-37,40-43,45-47H,1,7,9-10,14-26,28H2,2-6H3/b11-8+,30-12+,32-13-,34-31-/t33-,35+,36+,37-,38+,39-/m1/s1. The van der Waals surface area contributed by atoms with Gasteiger partial charge in [0.1, 0.15) is 6.29 Å². The van der Waals surface area contributed by atoms with Crippen LogP contribution in [0.25, 0.3) is 0 Å². The molecule has 0 aliphatic heterocycles. The van der Waals surface area contributed by atoms with Crippen LogP contribution in [0.15, 0.2) is 58.7 Å². The normalized spacial score (nSPS) is 28.4. The van der Waals surface area contributed by atoms with Gasteiger partial charge in [-0.3, -0.25) is 4.79 Å². The number of ether oxygens (including phenoxy) is 1. The third kappa shape index (κ3) is 11.3. The van der Waals surface area contributed by atoms with Crippen molar-refractivity contribution < 1.29 is 30.0 Å². The first-order chi connectivity index (χ1) is 23.1. The summed E-state index contributed by atoms with van der Waals surface area (Å²) in [7, 11) is 5.56. The molecule has 2 aliphatic carbocycles. The first-order valence-electron chi connectivity index (χ1n) is 18.1. The molecule has 9 heteroatoms. The molecular formula is C39H67N3O6. The molecule has 1 spiro atoms. The van der Waals surface area contributed by atoms with E-state index in [2.05, 4.69) is 35.5 Å². The van der Waals surface area contributed by atoms with Crippen LogP contribution < -0.4 is 16.0 Å². The Morgan fingerprint density at radius 2 is 1.90 bits per heavy atom. The number of rotatable bonds is 23. The van der Waals surface area contributed by atoms with Gasteiger partial charge >= 0.3 is 0 Å². The van der Waals surface area contributed by atoms with Gasteiger partial charge in [0.05, 0.1) is 18.3 Å². The van der Waals surface area contributed by atoms with Gasteiger partial charge in [0.25, 0.3) is 0 Å². The van der Waals surface area contributed by atoms with Crippen molar-refractivity contribution in [3.63, 3.8) is 0 Å². The molecule has 2 rings (SSSR count). The van der Waals surface area contributed by atoms with Crippen molar-refractivity contribution in [3.8, 4) is 0 Å². The van der Waals surface area contributed by atoms with Crippen LogP contribution in [-0.2, 0) is 9.53 Å². The first-order valence-corrected chi connectivity index (χ1v) is 18.1. The summed E-state index contributed by atoms with van der Waals surface area (Å²) >= 11 is 0. The zero-order chi connectivity index (χ0) is 35.6. The van der Waals surface area contributed by atoms with Gasteiger partial charge < -0.3 is 41.1 Å². The average molecular weight is 674 g/mol. The summed E-state index contributed by atoms with van der Waals surface area (Å²) in [6.07, 6.45) is 15.5. The molecule has 9 nitrogen and oxygen atoms in total. The summed E-state index contributed by atoms with van der Waals surface area (Å²) in [6, 6.07) is 0.407. The molecule has 0 amide bonds. The molecule has 0 unspecified atom stereocenters. The molecule has 0 bridgehead atoms. The second-order valence-corrected chi connectivity index (χ2v) is 14.0. The number of aliphatic hydroxyl groups is 4. The zero-order valence-corrected chi connectivity index (χ0v) is 30.5. The van der Waals surface area contributed by atoms with Crippen molar-refractivity contribution in [3.05, 3.63) is 58.7 Å². The second kappa shape index (κ2) is 22.0. The molecule has 0 aromatic carbocycles. The Balaban J connectivity index is 2.17. The molecule has 0 radical (unpaired) electrons. The fourth-order valence-corrected chi connectivity index (χ4v) is 8.18. The Labute approximate surface area is 290 Å². The molecule has 2 fully saturated rings. The highest BCUT2D eigenvalue weighted by atomic mass is 16.5. The number of carbonyl (C=O) groups is 1. The minimum absolute atomic E-state index is 0.00347. The molecule has 0 aromatic rings. The van der Waals surface area contributed by atoms with E-state index in [0.29, 0.717) is 63.1 Å². The Morgan fingerprint density at radius 3 is 2.54 bits per heavy atom. The molecule has 274 valence electrons. The Kier molecular flexibility index (Phi) is 19.3. The lowest BCUT2D eigenvalue weighted by Gasteiger charge is -2.57. The van der Waals surface area contributed by atoms with E-state index in [-0.39, 0.29) is 25.0 Å². The molecule has 6 atom stereocenters. The highest BCUT2D eigenvalue weighted by Crippen LogP contribution is 2.63. The van der Waals surface area contributed by atoms with Gasteiger partial charge in [0, 0.05) is 44.2 Å². The minimum Gasteiger partial charge on any atom is -0.396 e. The Bertz CT molecular complexity index is 1110. The molecule has 2 aliphatic rings.